The van der Waals surface area contributed by atoms with Gasteiger partial charge in [-0.2, -0.15) is 0 Å². The molecule has 1 rings (SSSR count). The number of nitrogens with one attached hydrogen (secondary N) is 1. The van der Waals surface area contributed by atoms with E-state index in [1.165, 1.54) is 0 Å². The summed E-state index contributed by atoms with van der Waals surface area (Å²) in [6.07, 6.45) is 2.70. The molecule has 1 aromatic rings. The van der Waals surface area contributed by atoms with Gasteiger partial charge in [-0.15, -0.1) is 11.3 Å². The number of hydrogen-bond acceptors (Lipinski definition) is 4. The van der Waals surface area contributed by atoms with Crippen LogP contribution in [-0.4, -0.2) is 35.9 Å². The number of thiazole rings is 1. The summed E-state index contributed by atoms with van der Waals surface area (Å²) in [7, 11) is 3.60. The van der Waals surface area contributed by atoms with Crippen molar-refractivity contribution >= 4 is 17.2 Å². The van der Waals surface area contributed by atoms with Crippen LogP contribution >= 0.6 is 11.3 Å². The third-order valence-electron chi connectivity index (χ3n) is 2.78. The highest BCUT2D eigenvalue weighted by atomic mass is 32.1. The minimum atomic E-state index is -0.128. The lowest BCUT2D eigenvalue weighted by atomic mass is 10.0. The van der Waals surface area contributed by atoms with Crippen LogP contribution in [0, 0.1) is 5.92 Å². The zero-order valence-electron chi connectivity index (χ0n) is 11.8. The van der Waals surface area contributed by atoms with E-state index in [0.717, 1.165) is 11.3 Å². The standard InChI is InChI=1S/C13H23N3OS/c1-9(2)6-11(13(17)16(4)5)15-10(3)12-7-14-8-18-12/h7-11,15H,6H2,1-5H3. The summed E-state index contributed by atoms with van der Waals surface area (Å²) in [5.74, 6) is 0.625. The van der Waals surface area contributed by atoms with Crippen molar-refractivity contribution in [2.24, 2.45) is 5.92 Å². The molecule has 2 atom stereocenters. The van der Waals surface area contributed by atoms with Crippen molar-refractivity contribution in [1.82, 2.24) is 15.2 Å². The summed E-state index contributed by atoms with van der Waals surface area (Å²) in [5, 5.41) is 3.41. The van der Waals surface area contributed by atoms with Gasteiger partial charge in [-0.05, 0) is 19.3 Å². The van der Waals surface area contributed by atoms with E-state index in [1.807, 2.05) is 11.7 Å². The zero-order valence-corrected chi connectivity index (χ0v) is 12.6. The van der Waals surface area contributed by atoms with Crippen molar-refractivity contribution in [1.29, 1.82) is 0 Å². The maximum atomic E-state index is 12.1. The van der Waals surface area contributed by atoms with Gasteiger partial charge < -0.3 is 4.90 Å². The van der Waals surface area contributed by atoms with Crippen LogP contribution in [0.25, 0.3) is 0 Å². The Labute approximate surface area is 113 Å². The van der Waals surface area contributed by atoms with E-state index in [2.05, 4.69) is 31.1 Å². The van der Waals surface area contributed by atoms with Crippen molar-refractivity contribution in [3.8, 4) is 0 Å². The van der Waals surface area contributed by atoms with Crippen LogP contribution in [0.1, 0.15) is 38.1 Å². The topological polar surface area (TPSA) is 45.2 Å². The largest absolute Gasteiger partial charge is 0.347 e. The van der Waals surface area contributed by atoms with Gasteiger partial charge >= 0.3 is 0 Å². The molecule has 0 aliphatic heterocycles. The summed E-state index contributed by atoms with van der Waals surface area (Å²) < 4.78 is 0. The third-order valence-corrected chi connectivity index (χ3v) is 3.73. The van der Waals surface area contributed by atoms with Gasteiger partial charge in [-0.25, -0.2) is 0 Å². The summed E-state index contributed by atoms with van der Waals surface area (Å²) >= 11 is 1.61. The first-order chi connectivity index (χ1) is 8.41. The molecule has 0 aromatic carbocycles. The van der Waals surface area contributed by atoms with Crippen LogP contribution in [0.5, 0.6) is 0 Å². The lowest BCUT2D eigenvalue weighted by Gasteiger charge is -2.26. The van der Waals surface area contributed by atoms with E-state index < -0.39 is 0 Å². The fourth-order valence-electron chi connectivity index (χ4n) is 1.85. The smallest absolute Gasteiger partial charge is 0.239 e. The molecule has 1 heterocycles. The van der Waals surface area contributed by atoms with E-state index in [0.29, 0.717) is 5.92 Å². The van der Waals surface area contributed by atoms with Crippen LogP contribution in [0.3, 0.4) is 0 Å². The maximum Gasteiger partial charge on any atom is 0.239 e. The first kappa shape index (κ1) is 15.1. The summed E-state index contributed by atoms with van der Waals surface area (Å²) in [6.45, 7) is 6.34. The van der Waals surface area contributed by atoms with E-state index in [1.54, 1.807) is 30.3 Å². The fraction of sp³-hybridized carbons (Fsp3) is 0.692. The number of carbonyl (C=O) groups excluding carboxylic acids is 1. The number of carbonyl (C=O) groups is 1. The van der Waals surface area contributed by atoms with Gasteiger partial charge in [0.1, 0.15) is 0 Å². The number of rotatable bonds is 6. The van der Waals surface area contributed by atoms with E-state index in [9.17, 15) is 4.79 Å². The summed E-state index contributed by atoms with van der Waals surface area (Å²) in [6, 6.07) is 0.0299. The zero-order chi connectivity index (χ0) is 13.7. The van der Waals surface area contributed by atoms with Crippen molar-refractivity contribution in [3.05, 3.63) is 16.6 Å². The lowest BCUT2D eigenvalue weighted by molar-refractivity contribution is -0.131. The van der Waals surface area contributed by atoms with Crippen molar-refractivity contribution in [2.75, 3.05) is 14.1 Å². The second-order valence-electron chi connectivity index (χ2n) is 5.21. The Kier molecular flexibility index (Phi) is 5.75. The molecule has 0 bridgehead atoms. The highest BCUT2D eigenvalue weighted by Gasteiger charge is 2.23. The second kappa shape index (κ2) is 6.85. The maximum absolute atomic E-state index is 12.1. The highest BCUT2D eigenvalue weighted by Crippen LogP contribution is 2.19. The molecule has 1 amide bonds. The third kappa shape index (κ3) is 4.38. The van der Waals surface area contributed by atoms with Crippen LogP contribution < -0.4 is 5.32 Å². The van der Waals surface area contributed by atoms with Gasteiger partial charge in [0.2, 0.25) is 5.91 Å². The highest BCUT2D eigenvalue weighted by molar-refractivity contribution is 7.09. The average Bonchev–Trinajstić information content (AvgIpc) is 2.79. The fourth-order valence-corrected chi connectivity index (χ4v) is 2.48. The molecule has 1 aromatic heterocycles. The van der Waals surface area contributed by atoms with Gasteiger partial charge in [0.25, 0.3) is 0 Å². The summed E-state index contributed by atoms with van der Waals surface area (Å²) in [5.41, 5.74) is 1.82. The molecule has 0 aliphatic carbocycles. The number of hydrogen-bond donors (Lipinski definition) is 1. The van der Waals surface area contributed by atoms with Gasteiger partial charge in [-0.3, -0.25) is 15.1 Å². The lowest BCUT2D eigenvalue weighted by Crippen LogP contribution is -2.45. The Hall–Kier alpha value is -0.940. The molecular weight excluding hydrogens is 246 g/mol. The molecule has 102 valence electrons. The molecule has 0 saturated heterocycles. The molecule has 1 N–H and O–H groups in total. The Morgan fingerprint density at radius 3 is 2.56 bits per heavy atom. The predicted molar refractivity (Wildman–Crippen MR) is 75.6 cm³/mol. The average molecular weight is 269 g/mol. The molecule has 18 heavy (non-hydrogen) atoms. The molecule has 0 aliphatic rings. The van der Waals surface area contributed by atoms with Crippen LogP contribution in [-0.2, 0) is 4.79 Å². The minimum absolute atomic E-state index is 0.128. The Morgan fingerprint density at radius 2 is 2.11 bits per heavy atom. The van der Waals surface area contributed by atoms with E-state index in [4.69, 9.17) is 0 Å². The molecule has 0 radical (unpaired) electrons. The SMILES string of the molecule is CC(C)CC(NC(C)c1cncs1)C(=O)N(C)C. The number of amides is 1. The Morgan fingerprint density at radius 1 is 1.44 bits per heavy atom. The van der Waals surface area contributed by atoms with Crippen LogP contribution in [0.2, 0.25) is 0 Å². The monoisotopic (exact) mass is 269 g/mol. The molecular formula is C13H23N3OS. The first-order valence-electron chi connectivity index (χ1n) is 6.27. The van der Waals surface area contributed by atoms with Crippen molar-refractivity contribution in [3.63, 3.8) is 0 Å². The number of aromatic nitrogens is 1. The molecule has 5 heteroatoms. The molecule has 2 unspecified atom stereocenters. The van der Waals surface area contributed by atoms with Crippen molar-refractivity contribution in [2.45, 2.75) is 39.3 Å². The van der Waals surface area contributed by atoms with E-state index >= 15 is 0 Å². The van der Waals surface area contributed by atoms with E-state index in [-0.39, 0.29) is 18.0 Å². The number of likely N-dealkylation sites (N-methyl/N-ethyl adjacent to an activating group) is 1. The Balaban J connectivity index is 2.69. The minimum Gasteiger partial charge on any atom is -0.347 e. The molecule has 0 fully saturated rings. The van der Waals surface area contributed by atoms with Gasteiger partial charge in [0, 0.05) is 31.2 Å². The Bertz CT molecular complexity index is 362. The van der Waals surface area contributed by atoms with Gasteiger partial charge in [-0.1, -0.05) is 13.8 Å². The molecule has 0 saturated carbocycles. The van der Waals surface area contributed by atoms with Gasteiger partial charge in [0.05, 0.1) is 11.6 Å². The van der Waals surface area contributed by atoms with Crippen LogP contribution in [0.4, 0.5) is 0 Å². The molecule has 0 spiro atoms. The van der Waals surface area contributed by atoms with Crippen molar-refractivity contribution < 1.29 is 4.79 Å². The first-order valence-corrected chi connectivity index (χ1v) is 7.15. The van der Waals surface area contributed by atoms with Gasteiger partial charge in [0.15, 0.2) is 0 Å². The van der Waals surface area contributed by atoms with Crippen LogP contribution in [0.15, 0.2) is 11.7 Å². The normalized spacial score (nSPS) is 14.6. The number of nitrogens with zero attached hydrogens (tertiary/aromatic N) is 2. The second-order valence-corrected chi connectivity index (χ2v) is 6.12. The quantitative estimate of drug-likeness (QED) is 0.862. The predicted octanol–water partition coefficient (Wildman–Crippen LogP) is 2.30. The molecule has 4 nitrogen and oxygen atoms in total. The summed E-state index contributed by atoms with van der Waals surface area (Å²) in [4.78, 5) is 19.0.